The molecule has 1 aromatic heterocycles. The molecule has 2 aromatic carbocycles. The van der Waals surface area contributed by atoms with Gasteiger partial charge in [0.05, 0.1) is 7.11 Å². The van der Waals surface area contributed by atoms with E-state index in [1.807, 2.05) is 43.4 Å². The SMILES string of the molecule is COc1ccc2c(CN(C)CC3COc4ccccc4O3)cc(=O)oc2c1. The van der Waals surface area contributed by atoms with E-state index in [9.17, 15) is 4.79 Å². The minimum atomic E-state index is -0.370. The Morgan fingerprint density at radius 1 is 1.15 bits per heavy atom. The number of ether oxygens (including phenoxy) is 3. The van der Waals surface area contributed by atoms with Gasteiger partial charge >= 0.3 is 5.63 Å². The molecule has 1 atom stereocenters. The highest BCUT2D eigenvalue weighted by molar-refractivity contribution is 5.81. The lowest BCUT2D eigenvalue weighted by Gasteiger charge is -2.29. The number of fused-ring (bicyclic) bond motifs is 2. The molecule has 0 bridgehead atoms. The number of para-hydroxylation sites is 2. The van der Waals surface area contributed by atoms with Gasteiger partial charge in [0.25, 0.3) is 0 Å². The van der Waals surface area contributed by atoms with Crippen LogP contribution < -0.4 is 19.8 Å². The van der Waals surface area contributed by atoms with E-state index < -0.39 is 0 Å². The number of benzene rings is 2. The van der Waals surface area contributed by atoms with Crippen LogP contribution in [0, 0.1) is 0 Å². The Hall–Kier alpha value is -2.99. The Morgan fingerprint density at radius 2 is 1.96 bits per heavy atom. The van der Waals surface area contributed by atoms with Crippen LogP contribution >= 0.6 is 0 Å². The Balaban J connectivity index is 1.50. The van der Waals surface area contributed by atoms with Crippen molar-refractivity contribution in [1.29, 1.82) is 0 Å². The largest absolute Gasteiger partial charge is 0.497 e. The molecule has 2 heterocycles. The monoisotopic (exact) mass is 367 g/mol. The first-order valence-electron chi connectivity index (χ1n) is 8.80. The molecule has 27 heavy (non-hydrogen) atoms. The van der Waals surface area contributed by atoms with Crippen LogP contribution in [0.5, 0.6) is 17.2 Å². The summed E-state index contributed by atoms with van der Waals surface area (Å²) in [6.07, 6.45) is -0.0728. The molecule has 0 spiro atoms. The Kier molecular flexibility index (Phi) is 4.73. The minimum absolute atomic E-state index is 0.0728. The van der Waals surface area contributed by atoms with E-state index in [1.54, 1.807) is 19.2 Å². The van der Waals surface area contributed by atoms with Crippen molar-refractivity contribution in [2.75, 3.05) is 27.3 Å². The van der Waals surface area contributed by atoms with Gasteiger partial charge in [0.15, 0.2) is 11.5 Å². The highest BCUT2D eigenvalue weighted by Crippen LogP contribution is 2.31. The van der Waals surface area contributed by atoms with E-state index in [0.29, 0.717) is 31.0 Å². The van der Waals surface area contributed by atoms with Gasteiger partial charge < -0.3 is 18.6 Å². The summed E-state index contributed by atoms with van der Waals surface area (Å²) in [4.78, 5) is 14.1. The lowest BCUT2D eigenvalue weighted by Crippen LogP contribution is -2.39. The summed E-state index contributed by atoms with van der Waals surface area (Å²) in [6, 6.07) is 14.7. The van der Waals surface area contributed by atoms with Crippen molar-refractivity contribution in [2.24, 2.45) is 0 Å². The van der Waals surface area contributed by atoms with Crippen LogP contribution in [0.1, 0.15) is 5.56 Å². The Morgan fingerprint density at radius 3 is 2.78 bits per heavy atom. The molecule has 0 saturated carbocycles. The third-order valence-corrected chi connectivity index (χ3v) is 4.56. The third-order valence-electron chi connectivity index (χ3n) is 4.56. The molecule has 0 amide bonds. The van der Waals surface area contributed by atoms with Crippen molar-refractivity contribution >= 4 is 11.0 Å². The van der Waals surface area contributed by atoms with Crippen LogP contribution in [0.2, 0.25) is 0 Å². The highest BCUT2D eigenvalue weighted by Gasteiger charge is 2.22. The lowest BCUT2D eigenvalue weighted by molar-refractivity contribution is 0.0639. The fraction of sp³-hybridized carbons (Fsp3) is 0.286. The standard InChI is InChI=1S/C21H21NO5/c1-22(12-16-13-25-18-5-3-4-6-19(18)26-16)11-14-9-21(23)27-20-10-15(24-2)7-8-17(14)20/h3-10,16H,11-13H2,1-2H3. The minimum Gasteiger partial charge on any atom is -0.497 e. The van der Waals surface area contributed by atoms with Gasteiger partial charge in [-0.25, -0.2) is 4.79 Å². The van der Waals surface area contributed by atoms with Crippen molar-refractivity contribution in [3.8, 4) is 17.2 Å². The van der Waals surface area contributed by atoms with E-state index >= 15 is 0 Å². The zero-order chi connectivity index (χ0) is 18.8. The quantitative estimate of drug-likeness (QED) is 0.646. The topological polar surface area (TPSA) is 61.1 Å². The number of methoxy groups -OCH3 is 1. The van der Waals surface area contributed by atoms with Gasteiger partial charge in [-0.1, -0.05) is 12.1 Å². The lowest BCUT2D eigenvalue weighted by atomic mass is 10.1. The van der Waals surface area contributed by atoms with Gasteiger partial charge in [0.2, 0.25) is 0 Å². The maximum Gasteiger partial charge on any atom is 0.336 e. The smallest absolute Gasteiger partial charge is 0.336 e. The first-order chi connectivity index (χ1) is 13.1. The first-order valence-corrected chi connectivity index (χ1v) is 8.80. The summed E-state index contributed by atoms with van der Waals surface area (Å²) < 4.78 is 22.3. The van der Waals surface area contributed by atoms with Crippen molar-refractivity contribution in [3.05, 3.63) is 64.5 Å². The second-order valence-electron chi connectivity index (χ2n) is 6.65. The van der Waals surface area contributed by atoms with Crippen LogP contribution in [0.25, 0.3) is 11.0 Å². The highest BCUT2D eigenvalue weighted by atomic mass is 16.6. The third kappa shape index (κ3) is 3.75. The van der Waals surface area contributed by atoms with Crippen molar-refractivity contribution in [3.63, 3.8) is 0 Å². The van der Waals surface area contributed by atoms with Gasteiger partial charge in [0.1, 0.15) is 24.0 Å². The number of likely N-dealkylation sites (N-methyl/N-ethyl adjacent to an activating group) is 1. The van der Waals surface area contributed by atoms with Crippen LogP contribution in [0.15, 0.2) is 57.7 Å². The molecule has 1 aliphatic rings. The van der Waals surface area contributed by atoms with Crippen molar-refractivity contribution < 1.29 is 18.6 Å². The molecule has 0 saturated heterocycles. The van der Waals surface area contributed by atoms with Crippen LogP contribution in [0.4, 0.5) is 0 Å². The number of hydrogen-bond donors (Lipinski definition) is 0. The average molecular weight is 367 g/mol. The van der Waals surface area contributed by atoms with E-state index in [2.05, 4.69) is 4.90 Å². The zero-order valence-corrected chi connectivity index (χ0v) is 15.3. The summed E-state index contributed by atoms with van der Waals surface area (Å²) in [7, 11) is 3.58. The summed E-state index contributed by atoms with van der Waals surface area (Å²) >= 11 is 0. The van der Waals surface area contributed by atoms with Crippen molar-refractivity contribution in [2.45, 2.75) is 12.6 Å². The second kappa shape index (κ2) is 7.32. The van der Waals surface area contributed by atoms with Gasteiger partial charge in [-0.05, 0) is 36.9 Å². The summed E-state index contributed by atoms with van der Waals surface area (Å²) in [6.45, 7) is 1.76. The Labute approximate surface area is 156 Å². The molecule has 140 valence electrons. The molecule has 3 aromatic rings. The first kappa shape index (κ1) is 17.4. The van der Waals surface area contributed by atoms with Gasteiger partial charge in [-0.15, -0.1) is 0 Å². The molecule has 6 nitrogen and oxygen atoms in total. The molecule has 1 aliphatic heterocycles. The van der Waals surface area contributed by atoms with E-state index in [-0.39, 0.29) is 11.7 Å². The molecular weight excluding hydrogens is 346 g/mol. The molecule has 0 N–H and O–H groups in total. The zero-order valence-electron chi connectivity index (χ0n) is 15.3. The van der Waals surface area contributed by atoms with E-state index in [4.69, 9.17) is 18.6 Å². The maximum absolute atomic E-state index is 11.9. The fourth-order valence-electron chi connectivity index (χ4n) is 3.32. The molecule has 4 rings (SSSR count). The van der Waals surface area contributed by atoms with Gasteiger partial charge in [-0.2, -0.15) is 0 Å². The summed E-state index contributed by atoms with van der Waals surface area (Å²) in [5.74, 6) is 2.19. The molecule has 1 unspecified atom stereocenters. The fourth-order valence-corrected chi connectivity index (χ4v) is 3.32. The number of rotatable bonds is 5. The molecule has 0 radical (unpaired) electrons. The summed E-state index contributed by atoms with van der Waals surface area (Å²) in [5.41, 5.74) is 1.06. The predicted octanol–water partition coefficient (Wildman–Crippen LogP) is 3.07. The van der Waals surface area contributed by atoms with Gasteiger partial charge in [-0.3, -0.25) is 4.90 Å². The molecule has 6 heteroatoms. The van der Waals surface area contributed by atoms with Gasteiger partial charge in [0, 0.05) is 30.6 Å². The Bertz CT molecular complexity index is 1010. The molecular formula is C21H21NO5. The maximum atomic E-state index is 11.9. The van der Waals surface area contributed by atoms with E-state index in [0.717, 1.165) is 22.4 Å². The van der Waals surface area contributed by atoms with Crippen LogP contribution in [0.3, 0.4) is 0 Å². The van der Waals surface area contributed by atoms with Crippen LogP contribution in [-0.4, -0.2) is 38.3 Å². The predicted molar refractivity (Wildman–Crippen MR) is 102 cm³/mol. The van der Waals surface area contributed by atoms with E-state index in [1.165, 1.54) is 0 Å². The number of nitrogens with zero attached hydrogens (tertiary/aromatic N) is 1. The summed E-state index contributed by atoms with van der Waals surface area (Å²) in [5, 5.41) is 0.897. The van der Waals surface area contributed by atoms with Crippen molar-refractivity contribution in [1.82, 2.24) is 4.90 Å². The average Bonchev–Trinajstić information content (AvgIpc) is 2.67. The number of hydrogen-bond acceptors (Lipinski definition) is 6. The molecule has 0 aliphatic carbocycles. The normalized spacial score (nSPS) is 15.9. The van der Waals surface area contributed by atoms with Crippen LogP contribution in [-0.2, 0) is 6.54 Å². The molecule has 0 fully saturated rings. The second-order valence-corrected chi connectivity index (χ2v) is 6.65.